The molecule has 2 N–H and O–H groups in total. The maximum absolute atomic E-state index is 13.2. The van der Waals surface area contributed by atoms with E-state index < -0.39 is 12.1 Å². The van der Waals surface area contributed by atoms with E-state index in [-0.39, 0.29) is 11.7 Å². The third-order valence-electron chi connectivity index (χ3n) is 4.46. The van der Waals surface area contributed by atoms with E-state index in [0.29, 0.717) is 23.5 Å². The van der Waals surface area contributed by atoms with Crippen LogP contribution in [0.15, 0.2) is 54.7 Å². The number of likely N-dealkylation sites (N-methyl/N-ethyl adjacent to an activating group) is 1. The molecule has 0 unspecified atom stereocenters. The Balaban J connectivity index is 0.000000509. The second kappa shape index (κ2) is 11.4. The maximum Gasteiger partial charge on any atom is 0.490 e. The molecule has 0 bridgehead atoms. The summed E-state index contributed by atoms with van der Waals surface area (Å²) in [6, 6.07) is 13.9. The molecular formula is C23H24F4N4O3. The zero-order valence-electron chi connectivity index (χ0n) is 18.7. The van der Waals surface area contributed by atoms with Gasteiger partial charge in [-0.1, -0.05) is 29.8 Å². The second-order valence-electron chi connectivity index (χ2n) is 7.54. The molecule has 2 aromatic carbocycles. The van der Waals surface area contributed by atoms with Crippen LogP contribution in [0, 0.1) is 12.7 Å². The number of benzene rings is 2. The molecule has 3 aromatic rings. The molecule has 0 radical (unpaired) electrons. The zero-order chi connectivity index (χ0) is 25.5. The number of aliphatic carboxylic acids is 1. The molecule has 0 saturated heterocycles. The van der Waals surface area contributed by atoms with Gasteiger partial charge in [-0.2, -0.15) is 18.3 Å². The van der Waals surface area contributed by atoms with Gasteiger partial charge >= 0.3 is 12.1 Å². The molecule has 0 aliphatic rings. The molecule has 0 aliphatic heterocycles. The van der Waals surface area contributed by atoms with Crippen LogP contribution in [-0.4, -0.2) is 65.0 Å². The second-order valence-corrected chi connectivity index (χ2v) is 7.54. The van der Waals surface area contributed by atoms with E-state index in [4.69, 9.17) is 9.90 Å². The standard InChI is InChI=1S/C21H23FN4O.C2HF3O2/c1-15-4-6-16(7-5-15)20-19(21(27)23-12-13-25(2)3)14-26(24-20)18-10-8-17(22)9-11-18;3-2(4,5)1(6)7/h4-11,14H,12-13H2,1-3H3,(H,23,27);(H,6,7). The zero-order valence-corrected chi connectivity index (χ0v) is 18.7. The van der Waals surface area contributed by atoms with Gasteiger partial charge in [0.15, 0.2) is 0 Å². The predicted molar refractivity (Wildman–Crippen MR) is 118 cm³/mol. The van der Waals surface area contributed by atoms with Crippen molar-refractivity contribution in [3.8, 4) is 16.9 Å². The Hall–Kier alpha value is -3.73. The first-order chi connectivity index (χ1) is 15.9. The normalized spacial score (nSPS) is 11.1. The third kappa shape index (κ3) is 7.69. The van der Waals surface area contributed by atoms with Crippen LogP contribution < -0.4 is 5.32 Å². The van der Waals surface area contributed by atoms with E-state index in [9.17, 15) is 22.4 Å². The number of amides is 1. The van der Waals surface area contributed by atoms with Crippen molar-refractivity contribution in [3.63, 3.8) is 0 Å². The van der Waals surface area contributed by atoms with Gasteiger partial charge in [-0.05, 0) is 45.3 Å². The first-order valence-electron chi connectivity index (χ1n) is 10.0. The number of carbonyl (C=O) groups excluding carboxylic acids is 1. The van der Waals surface area contributed by atoms with Crippen LogP contribution in [0.4, 0.5) is 17.6 Å². The van der Waals surface area contributed by atoms with Crippen LogP contribution in [0.25, 0.3) is 16.9 Å². The molecule has 0 aliphatic carbocycles. The number of carboxylic acid groups (broad SMARTS) is 1. The minimum Gasteiger partial charge on any atom is -0.475 e. The van der Waals surface area contributed by atoms with E-state index in [1.54, 1.807) is 23.0 Å². The SMILES string of the molecule is Cc1ccc(-c2nn(-c3ccc(F)cc3)cc2C(=O)NCCN(C)C)cc1.O=C(O)C(F)(F)F. The van der Waals surface area contributed by atoms with E-state index in [1.165, 1.54) is 12.1 Å². The van der Waals surface area contributed by atoms with Gasteiger partial charge in [0.05, 0.1) is 11.3 Å². The number of aromatic nitrogens is 2. The average Bonchev–Trinajstić information content (AvgIpc) is 3.20. The highest BCUT2D eigenvalue weighted by atomic mass is 19.4. The Kier molecular flexibility index (Phi) is 8.90. The summed E-state index contributed by atoms with van der Waals surface area (Å²) in [5.74, 6) is -3.25. The lowest BCUT2D eigenvalue weighted by Crippen LogP contribution is -2.31. The molecule has 0 fully saturated rings. The molecule has 7 nitrogen and oxygen atoms in total. The quantitative estimate of drug-likeness (QED) is 0.523. The number of carboxylic acids is 1. The first-order valence-corrected chi connectivity index (χ1v) is 10.0. The molecule has 182 valence electrons. The van der Waals surface area contributed by atoms with Crippen molar-refractivity contribution >= 4 is 11.9 Å². The van der Waals surface area contributed by atoms with Crippen molar-refractivity contribution in [2.75, 3.05) is 27.2 Å². The summed E-state index contributed by atoms with van der Waals surface area (Å²) in [4.78, 5) is 23.6. The van der Waals surface area contributed by atoms with Crippen molar-refractivity contribution in [2.24, 2.45) is 0 Å². The Morgan fingerprint density at radius 1 is 1.06 bits per heavy atom. The lowest BCUT2D eigenvalue weighted by molar-refractivity contribution is -0.192. The van der Waals surface area contributed by atoms with Crippen LogP contribution in [0.3, 0.4) is 0 Å². The molecule has 0 atom stereocenters. The summed E-state index contributed by atoms with van der Waals surface area (Å²) in [6.07, 6.45) is -3.40. The summed E-state index contributed by atoms with van der Waals surface area (Å²) >= 11 is 0. The highest BCUT2D eigenvalue weighted by Crippen LogP contribution is 2.24. The molecule has 11 heteroatoms. The Morgan fingerprint density at radius 3 is 2.12 bits per heavy atom. The van der Waals surface area contributed by atoms with Crippen molar-refractivity contribution in [1.82, 2.24) is 20.0 Å². The number of rotatable bonds is 6. The van der Waals surface area contributed by atoms with Gasteiger partial charge < -0.3 is 15.3 Å². The van der Waals surface area contributed by atoms with Gasteiger partial charge in [-0.15, -0.1) is 0 Å². The van der Waals surface area contributed by atoms with Crippen LogP contribution in [-0.2, 0) is 4.79 Å². The number of nitrogens with one attached hydrogen (secondary N) is 1. The van der Waals surface area contributed by atoms with Gasteiger partial charge in [0, 0.05) is 24.8 Å². The number of hydrogen-bond donors (Lipinski definition) is 2. The number of hydrogen-bond acceptors (Lipinski definition) is 4. The average molecular weight is 480 g/mol. The summed E-state index contributed by atoms with van der Waals surface area (Å²) < 4.78 is 46.6. The van der Waals surface area contributed by atoms with E-state index in [1.807, 2.05) is 50.2 Å². The van der Waals surface area contributed by atoms with Gasteiger partial charge in [0.2, 0.25) is 0 Å². The molecule has 0 spiro atoms. The van der Waals surface area contributed by atoms with Gasteiger partial charge in [-0.25, -0.2) is 13.9 Å². The molecule has 1 amide bonds. The minimum atomic E-state index is -5.08. The summed E-state index contributed by atoms with van der Waals surface area (Å²) in [5.41, 5.74) is 3.77. The van der Waals surface area contributed by atoms with E-state index >= 15 is 0 Å². The number of nitrogens with zero attached hydrogens (tertiary/aromatic N) is 3. The van der Waals surface area contributed by atoms with E-state index in [0.717, 1.165) is 17.7 Å². The van der Waals surface area contributed by atoms with Crippen LogP contribution in [0.1, 0.15) is 15.9 Å². The number of aryl methyl sites for hydroxylation is 1. The summed E-state index contributed by atoms with van der Waals surface area (Å²) in [7, 11) is 3.91. The van der Waals surface area contributed by atoms with Gasteiger partial charge in [0.1, 0.15) is 11.5 Å². The molecule has 34 heavy (non-hydrogen) atoms. The van der Waals surface area contributed by atoms with Crippen LogP contribution in [0.2, 0.25) is 0 Å². The third-order valence-corrected chi connectivity index (χ3v) is 4.46. The lowest BCUT2D eigenvalue weighted by Gasteiger charge is -2.10. The van der Waals surface area contributed by atoms with E-state index in [2.05, 4.69) is 10.4 Å². The predicted octanol–water partition coefficient (Wildman–Crippen LogP) is 3.91. The summed E-state index contributed by atoms with van der Waals surface area (Å²) in [5, 5.41) is 14.7. The van der Waals surface area contributed by atoms with Gasteiger partial charge in [0.25, 0.3) is 5.91 Å². The first kappa shape index (κ1) is 26.5. The number of alkyl halides is 3. The topological polar surface area (TPSA) is 87.5 Å². The largest absolute Gasteiger partial charge is 0.490 e. The van der Waals surface area contributed by atoms with Crippen LogP contribution in [0.5, 0.6) is 0 Å². The van der Waals surface area contributed by atoms with Crippen LogP contribution >= 0.6 is 0 Å². The van der Waals surface area contributed by atoms with Crippen molar-refractivity contribution in [1.29, 1.82) is 0 Å². The Morgan fingerprint density at radius 2 is 1.62 bits per heavy atom. The lowest BCUT2D eigenvalue weighted by atomic mass is 10.1. The van der Waals surface area contributed by atoms with Gasteiger partial charge in [-0.3, -0.25) is 4.79 Å². The fourth-order valence-electron chi connectivity index (χ4n) is 2.68. The maximum atomic E-state index is 13.2. The monoisotopic (exact) mass is 480 g/mol. The highest BCUT2D eigenvalue weighted by molar-refractivity contribution is 5.99. The van der Waals surface area contributed by atoms with Crippen molar-refractivity contribution in [3.05, 3.63) is 71.7 Å². The smallest absolute Gasteiger partial charge is 0.475 e. The minimum absolute atomic E-state index is 0.180. The molecule has 1 aromatic heterocycles. The molecular weight excluding hydrogens is 456 g/mol. The number of carbonyl (C=O) groups is 2. The Labute approximate surface area is 193 Å². The Bertz CT molecular complexity index is 1110. The molecule has 3 rings (SSSR count). The molecule has 0 saturated carbocycles. The molecule has 1 heterocycles. The fraction of sp³-hybridized carbons (Fsp3) is 0.261. The fourth-order valence-corrected chi connectivity index (χ4v) is 2.68. The highest BCUT2D eigenvalue weighted by Gasteiger charge is 2.38. The van der Waals surface area contributed by atoms with Crippen molar-refractivity contribution < 1.29 is 32.3 Å². The van der Waals surface area contributed by atoms with Crippen molar-refractivity contribution in [2.45, 2.75) is 13.1 Å². The number of halogens is 4. The summed E-state index contributed by atoms with van der Waals surface area (Å²) in [6.45, 7) is 3.30.